The van der Waals surface area contributed by atoms with Crippen LogP contribution in [0, 0.1) is 0 Å². The number of aromatic amines is 1. The number of nitrogens with zero attached hydrogens (tertiary/aromatic N) is 1. The van der Waals surface area contributed by atoms with E-state index in [1.807, 2.05) is 0 Å². The lowest BCUT2D eigenvalue weighted by Crippen LogP contribution is -2.14. The summed E-state index contributed by atoms with van der Waals surface area (Å²) in [5.41, 5.74) is -1.36. The fraction of sp³-hybridized carbons (Fsp3) is 0.231. The highest BCUT2D eigenvalue weighted by Gasteiger charge is 2.34. The molecular weight excluding hydrogens is 353 g/mol. The number of benzene rings is 1. The first kappa shape index (κ1) is 15.7. The second-order valence-corrected chi connectivity index (χ2v) is 5.12. The molecule has 1 aromatic heterocycles. The molecule has 0 aliphatic carbocycles. The average Bonchev–Trinajstić information content (AvgIpc) is 2.37. The van der Waals surface area contributed by atoms with Gasteiger partial charge in [-0.05, 0) is 18.2 Å². The first-order valence-electron chi connectivity index (χ1n) is 5.77. The van der Waals surface area contributed by atoms with Gasteiger partial charge in [-0.1, -0.05) is 15.9 Å². The fourth-order valence-corrected chi connectivity index (χ4v) is 2.18. The molecule has 21 heavy (non-hydrogen) atoms. The van der Waals surface area contributed by atoms with Crippen molar-refractivity contribution in [3.63, 3.8) is 0 Å². The van der Waals surface area contributed by atoms with Gasteiger partial charge in [-0.25, -0.2) is 4.98 Å². The molecular formula is C13H10BrF3N2O2. The lowest BCUT2D eigenvalue weighted by molar-refractivity contribution is -0.137. The molecule has 1 N–H and O–H groups in total. The molecule has 2 aromatic rings. The van der Waals surface area contributed by atoms with E-state index in [0.29, 0.717) is 0 Å². The van der Waals surface area contributed by atoms with Crippen molar-refractivity contribution in [1.82, 2.24) is 9.97 Å². The van der Waals surface area contributed by atoms with Crippen molar-refractivity contribution in [2.45, 2.75) is 12.8 Å². The molecule has 1 heterocycles. The summed E-state index contributed by atoms with van der Waals surface area (Å²) < 4.78 is 44.4. The maximum absolute atomic E-state index is 13.1. The summed E-state index contributed by atoms with van der Waals surface area (Å²) in [7, 11) is 1.41. The summed E-state index contributed by atoms with van der Waals surface area (Å²) in [5, 5.41) is 0. The highest BCUT2D eigenvalue weighted by atomic mass is 79.9. The Kier molecular flexibility index (Phi) is 4.48. The van der Waals surface area contributed by atoms with Crippen molar-refractivity contribution in [3.05, 3.63) is 50.3 Å². The largest absolute Gasteiger partial charge is 0.417 e. The van der Waals surface area contributed by atoms with Crippen LogP contribution in [0.25, 0.3) is 11.4 Å². The lowest BCUT2D eigenvalue weighted by Gasteiger charge is -2.13. The van der Waals surface area contributed by atoms with Gasteiger partial charge in [0.1, 0.15) is 5.82 Å². The van der Waals surface area contributed by atoms with Crippen LogP contribution in [0.3, 0.4) is 0 Å². The monoisotopic (exact) mass is 362 g/mol. The third kappa shape index (κ3) is 3.70. The number of halogens is 4. The summed E-state index contributed by atoms with van der Waals surface area (Å²) >= 11 is 3.00. The molecule has 0 saturated heterocycles. The van der Waals surface area contributed by atoms with Crippen molar-refractivity contribution in [1.29, 1.82) is 0 Å². The Morgan fingerprint density at radius 1 is 1.33 bits per heavy atom. The van der Waals surface area contributed by atoms with E-state index >= 15 is 0 Å². The molecule has 0 atom stereocenters. The molecule has 1 aromatic carbocycles. The van der Waals surface area contributed by atoms with Crippen molar-refractivity contribution in [2.75, 3.05) is 7.11 Å². The van der Waals surface area contributed by atoms with E-state index in [9.17, 15) is 18.0 Å². The van der Waals surface area contributed by atoms with Crippen LogP contribution in [0.2, 0.25) is 0 Å². The molecule has 0 aliphatic rings. The van der Waals surface area contributed by atoms with Crippen LogP contribution >= 0.6 is 15.9 Å². The molecule has 4 nitrogen and oxygen atoms in total. The maximum atomic E-state index is 13.1. The Hall–Kier alpha value is -1.67. The van der Waals surface area contributed by atoms with Crippen molar-refractivity contribution < 1.29 is 17.9 Å². The van der Waals surface area contributed by atoms with Gasteiger partial charge in [0, 0.05) is 23.2 Å². The molecule has 2 rings (SSSR count). The summed E-state index contributed by atoms with van der Waals surface area (Å²) in [5.74, 6) is -0.144. The van der Waals surface area contributed by atoms with Gasteiger partial charge in [0.2, 0.25) is 0 Å². The molecule has 0 saturated carbocycles. The number of rotatable bonds is 3. The van der Waals surface area contributed by atoms with Gasteiger partial charge >= 0.3 is 6.18 Å². The summed E-state index contributed by atoms with van der Waals surface area (Å²) in [4.78, 5) is 17.9. The van der Waals surface area contributed by atoms with Crippen LogP contribution < -0.4 is 5.56 Å². The number of alkyl halides is 3. The predicted octanol–water partition coefficient (Wildman–Crippen LogP) is 3.36. The van der Waals surface area contributed by atoms with E-state index in [1.165, 1.54) is 25.3 Å². The zero-order chi connectivity index (χ0) is 15.6. The van der Waals surface area contributed by atoms with E-state index in [4.69, 9.17) is 4.74 Å². The molecule has 0 amide bonds. The number of hydrogen-bond donors (Lipinski definition) is 1. The molecule has 0 bridgehead atoms. The second-order valence-electron chi connectivity index (χ2n) is 4.21. The number of H-pyrrole nitrogens is 1. The van der Waals surface area contributed by atoms with E-state index in [1.54, 1.807) is 0 Å². The molecule has 0 aliphatic heterocycles. The normalized spacial score (nSPS) is 11.7. The summed E-state index contributed by atoms with van der Waals surface area (Å²) in [6, 6.07) is 4.83. The molecule has 0 unspecified atom stereocenters. The third-order valence-corrected chi connectivity index (χ3v) is 3.12. The second kappa shape index (κ2) is 5.98. The van der Waals surface area contributed by atoms with Gasteiger partial charge in [0.15, 0.2) is 0 Å². The Morgan fingerprint density at radius 2 is 2.05 bits per heavy atom. The number of nitrogens with one attached hydrogen (secondary N) is 1. The molecule has 0 spiro atoms. The van der Waals surface area contributed by atoms with Crippen LogP contribution in [0.15, 0.2) is 33.5 Å². The zero-order valence-electron chi connectivity index (χ0n) is 10.8. The van der Waals surface area contributed by atoms with Crippen molar-refractivity contribution in [2.24, 2.45) is 0 Å². The van der Waals surface area contributed by atoms with Gasteiger partial charge in [0.25, 0.3) is 5.56 Å². The minimum atomic E-state index is -4.56. The van der Waals surface area contributed by atoms with E-state index in [-0.39, 0.29) is 28.2 Å². The minimum Gasteiger partial charge on any atom is -0.378 e. The third-order valence-electron chi connectivity index (χ3n) is 2.63. The Labute approximate surface area is 126 Å². The topological polar surface area (TPSA) is 55.0 Å². The summed E-state index contributed by atoms with van der Waals surface area (Å²) in [6.45, 7) is 0.0365. The molecule has 0 radical (unpaired) electrons. The minimum absolute atomic E-state index is 0.0365. The van der Waals surface area contributed by atoms with Gasteiger partial charge in [-0.2, -0.15) is 13.2 Å². The Bertz CT molecular complexity index is 713. The zero-order valence-corrected chi connectivity index (χ0v) is 12.4. The molecule has 0 fully saturated rings. The first-order chi connectivity index (χ1) is 9.81. The highest BCUT2D eigenvalue weighted by Crippen LogP contribution is 2.37. The van der Waals surface area contributed by atoms with E-state index in [0.717, 1.165) is 6.07 Å². The number of aromatic nitrogens is 2. The number of ether oxygens (including phenoxy) is 1. The SMILES string of the molecule is COCc1cc(=O)[nH]c(-c2ccc(Br)cc2C(F)(F)F)n1. The van der Waals surface area contributed by atoms with Crippen molar-refractivity contribution >= 4 is 15.9 Å². The van der Waals surface area contributed by atoms with Gasteiger partial charge in [-0.3, -0.25) is 4.79 Å². The lowest BCUT2D eigenvalue weighted by atomic mass is 10.1. The van der Waals surface area contributed by atoms with E-state index in [2.05, 4.69) is 25.9 Å². The Balaban J connectivity index is 2.64. The van der Waals surface area contributed by atoms with Gasteiger partial charge in [-0.15, -0.1) is 0 Å². The van der Waals surface area contributed by atoms with Gasteiger partial charge < -0.3 is 9.72 Å². The van der Waals surface area contributed by atoms with E-state index < -0.39 is 17.3 Å². The average molecular weight is 363 g/mol. The van der Waals surface area contributed by atoms with Gasteiger partial charge in [0.05, 0.1) is 17.9 Å². The fourth-order valence-electron chi connectivity index (χ4n) is 1.81. The quantitative estimate of drug-likeness (QED) is 0.910. The Morgan fingerprint density at radius 3 is 2.67 bits per heavy atom. The smallest absolute Gasteiger partial charge is 0.378 e. The van der Waals surface area contributed by atoms with Crippen LogP contribution in [-0.4, -0.2) is 17.1 Å². The molecule has 112 valence electrons. The number of methoxy groups -OCH3 is 1. The van der Waals surface area contributed by atoms with Crippen LogP contribution in [0.1, 0.15) is 11.3 Å². The van der Waals surface area contributed by atoms with Crippen LogP contribution in [0.5, 0.6) is 0 Å². The summed E-state index contributed by atoms with van der Waals surface area (Å²) in [6.07, 6.45) is -4.56. The van der Waals surface area contributed by atoms with Crippen molar-refractivity contribution in [3.8, 4) is 11.4 Å². The maximum Gasteiger partial charge on any atom is 0.417 e. The van der Waals surface area contributed by atoms with Crippen LogP contribution in [-0.2, 0) is 17.5 Å². The molecule has 8 heteroatoms. The first-order valence-corrected chi connectivity index (χ1v) is 6.57. The van der Waals surface area contributed by atoms with Crippen LogP contribution in [0.4, 0.5) is 13.2 Å². The highest BCUT2D eigenvalue weighted by molar-refractivity contribution is 9.10. The standard InChI is InChI=1S/C13H10BrF3N2O2/c1-21-6-8-5-11(20)19-12(18-8)9-3-2-7(14)4-10(9)13(15,16)17/h2-5H,6H2,1H3,(H,18,19,20). The predicted molar refractivity (Wildman–Crippen MR) is 73.7 cm³/mol. The number of hydrogen-bond acceptors (Lipinski definition) is 3.